The summed E-state index contributed by atoms with van der Waals surface area (Å²) in [5, 5.41) is 23.5. The highest BCUT2D eigenvalue weighted by Crippen LogP contribution is 2.42. The van der Waals surface area contributed by atoms with E-state index in [2.05, 4.69) is 41.3 Å². The van der Waals surface area contributed by atoms with Crippen LogP contribution in [0.2, 0.25) is 0 Å². The fraction of sp³-hybridized carbons (Fsp3) is 0.444. The van der Waals surface area contributed by atoms with Gasteiger partial charge >= 0.3 is 0 Å². The third kappa shape index (κ3) is 4.20. The minimum Gasteiger partial charge on any atom is -0.507 e. The molecule has 4 heterocycles. The van der Waals surface area contributed by atoms with Gasteiger partial charge in [-0.15, -0.1) is 10.2 Å². The van der Waals surface area contributed by atoms with Crippen molar-refractivity contribution in [3.63, 3.8) is 0 Å². The molecule has 2 aromatic heterocycles. The van der Waals surface area contributed by atoms with Crippen LogP contribution in [0.3, 0.4) is 0 Å². The summed E-state index contributed by atoms with van der Waals surface area (Å²) in [6, 6.07) is 13.1. The Bertz CT molecular complexity index is 1250. The van der Waals surface area contributed by atoms with E-state index in [1.165, 1.54) is 23.8 Å². The molecule has 2 N–H and O–H groups in total. The van der Waals surface area contributed by atoms with Crippen LogP contribution >= 0.6 is 0 Å². The van der Waals surface area contributed by atoms with E-state index in [1.54, 1.807) is 25.4 Å². The van der Waals surface area contributed by atoms with Crippen LogP contribution in [0.15, 0.2) is 53.5 Å². The SMILES string of the molecule is CN(c1ccc(-c2ccc(-c3ccn(C)c(=O)c3)cc2O)nn1)C1C[C@]2(C)CCC[C@](C)(C1)N2. The van der Waals surface area contributed by atoms with E-state index >= 15 is 0 Å². The average molecular weight is 460 g/mol. The number of phenolic OH excluding ortho intramolecular Hbond substituents is 1. The molecule has 7 heteroatoms. The summed E-state index contributed by atoms with van der Waals surface area (Å²) in [5.74, 6) is 0.956. The van der Waals surface area contributed by atoms with E-state index in [9.17, 15) is 9.90 Å². The second-order valence-electron chi connectivity index (χ2n) is 10.6. The quantitative estimate of drug-likeness (QED) is 0.611. The van der Waals surface area contributed by atoms with Gasteiger partial charge in [0.05, 0.1) is 5.69 Å². The lowest BCUT2D eigenvalue weighted by Gasteiger charge is -2.55. The van der Waals surface area contributed by atoms with Crippen LogP contribution < -0.4 is 15.8 Å². The number of hydrogen-bond donors (Lipinski definition) is 2. The first-order valence-electron chi connectivity index (χ1n) is 12.0. The van der Waals surface area contributed by atoms with Crippen molar-refractivity contribution in [2.45, 2.75) is 63.1 Å². The predicted octanol–water partition coefficient (Wildman–Crippen LogP) is 4.10. The Morgan fingerprint density at radius 1 is 1.03 bits per heavy atom. The smallest absolute Gasteiger partial charge is 0.250 e. The Hall–Kier alpha value is -3.19. The number of anilines is 1. The first kappa shape index (κ1) is 22.6. The van der Waals surface area contributed by atoms with Gasteiger partial charge in [-0.1, -0.05) is 6.07 Å². The van der Waals surface area contributed by atoms with Crippen molar-refractivity contribution < 1.29 is 5.11 Å². The van der Waals surface area contributed by atoms with E-state index in [4.69, 9.17) is 0 Å². The van der Waals surface area contributed by atoms with Crippen molar-refractivity contribution in [2.24, 2.45) is 7.05 Å². The summed E-state index contributed by atoms with van der Waals surface area (Å²) < 4.78 is 1.52. The maximum absolute atomic E-state index is 12.0. The molecule has 1 aromatic carbocycles. The van der Waals surface area contributed by atoms with Crippen LogP contribution in [-0.4, -0.2) is 44.0 Å². The van der Waals surface area contributed by atoms with E-state index in [0.29, 0.717) is 17.3 Å². The standard InChI is InChI=1S/C27H33N5O2/c1-26-11-5-12-27(2,30-26)17-20(16-26)32(4)24-9-8-22(28-29-24)21-7-6-18(14-23(21)33)19-10-13-31(3)25(34)15-19/h6-10,13-15,20,30,33H,5,11-12,16-17H2,1-4H3/t20?,26-,27+. The molecule has 3 aromatic rings. The molecule has 178 valence electrons. The fourth-order valence-corrected chi connectivity index (χ4v) is 5.91. The topological polar surface area (TPSA) is 83.3 Å². The predicted molar refractivity (Wildman–Crippen MR) is 135 cm³/mol. The van der Waals surface area contributed by atoms with Crippen LogP contribution in [0.1, 0.15) is 46.0 Å². The minimum absolute atomic E-state index is 0.0907. The van der Waals surface area contributed by atoms with Gasteiger partial charge in [0.1, 0.15) is 5.75 Å². The van der Waals surface area contributed by atoms with Crippen LogP contribution in [0.5, 0.6) is 5.75 Å². The summed E-state index contributed by atoms with van der Waals surface area (Å²) in [5.41, 5.74) is 3.04. The van der Waals surface area contributed by atoms with Crippen molar-refractivity contribution in [1.29, 1.82) is 0 Å². The molecule has 2 bridgehead atoms. The van der Waals surface area contributed by atoms with Crippen molar-refractivity contribution in [2.75, 3.05) is 11.9 Å². The Labute approximate surface area is 200 Å². The highest BCUT2D eigenvalue weighted by Gasteiger charge is 2.46. The third-order valence-corrected chi connectivity index (χ3v) is 7.70. The van der Waals surface area contributed by atoms with Gasteiger partial charge in [-0.2, -0.15) is 0 Å². The third-order valence-electron chi connectivity index (χ3n) is 7.70. The number of fused-ring (bicyclic) bond motifs is 2. The number of piperidine rings is 2. The zero-order chi connectivity index (χ0) is 24.1. The van der Waals surface area contributed by atoms with Crippen molar-refractivity contribution in [3.8, 4) is 28.1 Å². The number of nitrogens with one attached hydrogen (secondary N) is 1. The van der Waals surface area contributed by atoms with Crippen LogP contribution in [0.25, 0.3) is 22.4 Å². The Balaban J connectivity index is 1.36. The lowest BCUT2D eigenvalue weighted by atomic mass is 9.69. The molecule has 0 saturated carbocycles. The number of aromatic nitrogens is 3. The van der Waals surface area contributed by atoms with Crippen LogP contribution in [0.4, 0.5) is 5.82 Å². The lowest BCUT2D eigenvalue weighted by Crippen LogP contribution is -2.66. The van der Waals surface area contributed by atoms with Gasteiger partial charge in [-0.25, -0.2) is 0 Å². The van der Waals surface area contributed by atoms with Gasteiger partial charge in [-0.3, -0.25) is 4.79 Å². The molecule has 34 heavy (non-hydrogen) atoms. The highest BCUT2D eigenvalue weighted by molar-refractivity contribution is 5.74. The zero-order valence-electron chi connectivity index (χ0n) is 20.4. The normalized spacial score (nSPS) is 26.3. The number of pyridine rings is 1. The van der Waals surface area contributed by atoms with Gasteiger partial charge in [-0.05, 0) is 87.4 Å². The molecular weight excluding hydrogens is 426 g/mol. The van der Waals surface area contributed by atoms with Gasteiger partial charge in [0.2, 0.25) is 0 Å². The van der Waals surface area contributed by atoms with Gasteiger partial charge < -0.3 is 19.9 Å². The second-order valence-corrected chi connectivity index (χ2v) is 10.6. The summed E-state index contributed by atoms with van der Waals surface area (Å²) in [7, 11) is 3.82. The second kappa shape index (κ2) is 8.24. The van der Waals surface area contributed by atoms with Crippen molar-refractivity contribution in [1.82, 2.24) is 20.1 Å². The monoisotopic (exact) mass is 459 g/mol. The summed E-state index contributed by atoms with van der Waals surface area (Å²) in [6.07, 6.45) is 7.61. The van der Waals surface area contributed by atoms with Crippen molar-refractivity contribution >= 4 is 5.82 Å². The van der Waals surface area contributed by atoms with E-state index < -0.39 is 0 Å². The van der Waals surface area contributed by atoms with Crippen molar-refractivity contribution in [3.05, 3.63) is 59.0 Å². The van der Waals surface area contributed by atoms with E-state index in [0.717, 1.165) is 29.8 Å². The van der Waals surface area contributed by atoms with Gasteiger partial charge in [0.25, 0.3) is 5.56 Å². The zero-order valence-corrected chi connectivity index (χ0v) is 20.4. The van der Waals surface area contributed by atoms with Crippen LogP contribution in [0, 0.1) is 0 Å². The molecule has 2 saturated heterocycles. The largest absolute Gasteiger partial charge is 0.507 e. The Morgan fingerprint density at radius 3 is 2.35 bits per heavy atom. The number of aromatic hydroxyl groups is 1. The minimum atomic E-state index is -0.0907. The molecule has 0 spiro atoms. The molecule has 2 fully saturated rings. The Kier molecular flexibility index (Phi) is 5.47. The van der Waals surface area contributed by atoms with Gasteiger partial charge in [0, 0.05) is 49.0 Å². The molecule has 7 nitrogen and oxygen atoms in total. The molecule has 2 aliphatic rings. The average Bonchev–Trinajstić information content (AvgIpc) is 2.79. The first-order valence-corrected chi connectivity index (χ1v) is 12.0. The van der Waals surface area contributed by atoms with E-state index in [-0.39, 0.29) is 22.4 Å². The highest BCUT2D eigenvalue weighted by atomic mass is 16.3. The van der Waals surface area contributed by atoms with Gasteiger partial charge in [0.15, 0.2) is 5.82 Å². The molecule has 3 atom stereocenters. The molecule has 1 unspecified atom stereocenters. The molecule has 0 amide bonds. The number of benzene rings is 1. The summed E-state index contributed by atoms with van der Waals surface area (Å²) in [4.78, 5) is 14.2. The number of rotatable bonds is 4. The molecular formula is C27H33N5O2. The maximum atomic E-state index is 12.0. The maximum Gasteiger partial charge on any atom is 0.250 e. The fourth-order valence-electron chi connectivity index (χ4n) is 5.91. The summed E-state index contributed by atoms with van der Waals surface area (Å²) in [6.45, 7) is 4.69. The number of phenols is 1. The number of aryl methyl sites for hydroxylation is 1. The number of hydrogen-bond acceptors (Lipinski definition) is 6. The Morgan fingerprint density at radius 2 is 1.74 bits per heavy atom. The molecule has 0 aliphatic carbocycles. The van der Waals surface area contributed by atoms with Crippen LogP contribution in [-0.2, 0) is 7.05 Å². The van der Waals surface area contributed by atoms with E-state index in [1.807, 2.05) is 30.3 Å². The first-order chi connectivity index (χ1) is 16.1. The summed E-state index contributed by atoms with van der Waals surface area (Å²) >= 11 is 0. The molecule has 0 radical (unpaired) electrons. The molecule has 5 rings (SSSR count). The molecule has 2 aliphatic heterocycles. The lowest BCUT2D eigenvalue weighted by molar-refractivity contribution is 0.0784. The number of nitrogens with zero attached hydrogens (tertiary/aromatic N) is 4.